The number of piperidine rings is 2. The first-order valence-corrected chi connectivity index (χ1v) is 6.85. The summed E-state index contributed by atoms with van der Waals surface area (Å²) < 4.78 is 0. The molecule has 86 valence electrons. The summed E-state index contributed by atoms with van der Waals surface area (Å²) in [5.74, 6) is 1.01. The average molecular weight is 207 g/mol. The molecule has 2 saturated heterocycles. The van der Waals surface area contributed by atoms with Crippen LogP contribution in [0.5, 0.6) is 0 Å². The topological polar surface area (TPSA) is 3.24 Å². The predicted octanol–water partition coefficient (Wildman–Crippen LogP) is 3.44. The van der Waals surface area contributed by atoms with Crippen molar-refractivity contribution in [1.29, 1.82) is 0 Å². The van der Waals surface area contributed by atoms with E-state index in [0.29, 0.717) is 5.41 Å². The molecule has 0 aromatic carbocycles. The zero-order valence-corrected chi connectivity index (χ0v) is 10.5. The maximum Gasteiger partial charge on any atom is 0.0178 e. The van der Waals surface area contributed by atoms with Crippen LogP contribution in [0.3, 0.4) is 0 Å². The van der Waals surface area contributed by atoms with Crippen LogP contribution in [0.1, 0.15) is 59.3 Å². The minimum atomic E-state index is 0.492. The third kappa shape index (κ3) is 1.63. The largest absolute Gasteiger partial charge is 0.294 e. The van der Waals surface area contributed by atoms with E-state index < -0.39 is 0 Å². The van der Waals surface area contributed by atoms with Gasteiger partial charge in [-0.25, -0.2) is 0 Å². The summed E-state index contributed by atoms with van der Waals surface area (Å²) in [4.78, 5) is 2.94. The van der Waals surface area contributed by atoms with Crippen molar-refractivity contribution in [2.45, 2.75) is 77.4 Å². The first kappa shape index (κ1) is 10.1. The van der Waals surface area contributed by atoms with Crippen LogP contribution >= 0.6 is 0 Å². The first-order valence-electron chi connectivity index (χ1n) is 6.85. The molecule has 2 bridgehead atoms. The van der Waals surface area contributed by atoms with E-state index in [9.17, 15) is 0 Å². The zero-order chi connectivity index (χ0) is 10.6. The molecule has 4 rings (SSSR count). The molecule has 2 heterocycles. The van der Waals surface area contributed by atoms with Crippen LogP contribution in [0.25, 0.3) is 0 Å². The van der Waals surface area contributed by atoms with Gasteiger partial charge in [-0.05, 0) is 49.9 Å². The minimum Gasteiger partial charge on any atom is -0.294 e. The van der Waals surface area contributed by atoms with Crippen LogP contribution in [0, 0.1) is 11.3 Å². The maximum atomic E-state index is 2.94. The Morgan fingerprint density at radius 1 is 0.800 bits per heavy atom. The molecule has 0 N–H and O–H groups in total. The van der Waals surface area contributed by atoms with Gasteiger partial charge in [-0.15, -0.1) is 0 Å². The maximum absolute atomic E-state index is 2.94. The van der Waals surface area contributed by atoms with Crippen LogP contribution in [0.2, 0.25) is 0 Å². The summed E-state index contributed by atoms with van der Waals surface area (Å²) in [5.41, 5.74) is 0.492. The van der Waals surface area contributed by atoms with Gasteiger partial charge in [0, 0.05) is 18.1 Å². The molecule has 1 atom stereocenters. The Morgan fingerprint density at radius 3 is 1.67 bits per heavy atom. The Kier molecular flexibility index (Phi) is 2.18. The first-order chi connectivity index (χ1) is 7.07. The summed E-state index contributed by atoms with van der Waals surface area (Å²) in [6, 6.07) is 2.81. The van der Waals surface area contributed by atoms with E-state index >= 15 is 0 Å². The van der Waals surface area contributed by atoms with Crippen LogP contribution in [0.4, 0.5) is 0 Å². The van der Waals surface area contributed by atoms with E-state index in [2.05, 4.69) is 25.7 Å². The van der Waals surface area contributed by atoms with E-state index in [4.69, 9.17) is 0 Å². The molecule has 2 saturated carbocycles. The highest BCUT2D eigenvalue weighted by Crippen LogP contribution is 2.50. The normalized spacial score (nSPS) is 42.2. The van der Waals surface area contributed by atoms with Crippen molar-refractivity contribution >= 4 is 0 Å². The molecule has 0 spiro atoms. The van der Waals surface area contributed by atoms with E-state index in [-0.39, 0.29) is 0 Å². The fraction of sp³-hybridized carbons (Fsp3) is 1.00. The Hall–Kier alpha value is -0.0400. The van der Waals surface area contributed by atoms with Crippen molar-refractivity contribution in [3.05, 3.63) is 0 Å². The fourth-order valence-electron chi connectivity index (χ4n) is 4.24. The number of nitrogens with zero attached hydrogens (tertiary/aromatic N) is 1. The predicted molar refractivity (Wildman–Crippen MR) is 63.9 cm³/mol. The quantitative estimate of drug-likeness (QED) is 0.636. The number of hydrogen-bond donors (Lipinski definition) is 0. The molecule has 2 aliphatic heterocycles. The molecular formula is C14H25N. The Morgan fingerprint density at radius 2 is 1.27 bits per heavy atom. The summed E-state index contributed by atoms with van der Waals surface area (Å²) in [7, 11) is 0. The van der Waals surface area contributed by atoms with Gasteiger partial charge in [-0.1, -0.05) is 20.8 Å². The van der Waals surface area contributed by atoms with Gasteiger partial charge in [0.2, 0.25) is 0 Å². The standard InChI is InChI=1S/C14H25N/c1-14(2,3)13-10-4-6-11(7-5-10)15(13)12-8-9-12/h10-13H,4-9H2,1-3H3. The van der Waals surface area contributed by atoms with Gasteiger partial charge in [0.25, 0.3) is 0 Å². The third-order valence-corrected chi connectivity index (χ3v) is 4.79. The number of rotatable bonds is 1. The smallest absolute Gasteiger partial charge is 0.0178 e. The summed E-state index contributed by atoms with van der Waals surface area (Å²) >= 11 is 0. The van der Waals surface area contributed by atoms with Crippen molar-refractivity contribution < 1.29 is 0 Å². The lowest BCUT2D eigenvalue weighted by Gasteiger charge is -2.56. The van der Waals surface area contributed by atoms with Gasteiger partial charge in [0.1, 0.15) is 0 Å². The molecule has 4 aliphatic rings. The molecular weight excluding hydrogens is 182 g/mol. The van der Waals surface area contributed by atoms with Gasteiger partial charge in [-0.3, -0.25) is 4.90 Å². The second-order valence-electron chi connectivity index (χ2n) is 7.06. The second kappa shape index (κ2) is 3.23. The molecule has 1 nitrogen and oxygen atoms in total. The lowest BCUT2D eigenvalue weighted by Crippen LogP contribution is -2.60. The van der Waals surface area contributed by atoms with Crippen molar-refractivity contribution in [2.24, 2.45) is 11.3 Å². The lowest BCUT2D eigenvalue weighted by atomic mass is 9.66. The van der Waals surface area contributed by atoms with E-state index in [1.165, 1.54) is 38.5 Å². The fourth-order valence-corrected chi connectivity index (χ4v) is 4.24. The van der Waals surface area contributed by atoms with Crippen LogP contribution < -0.4 is 0 Å². The SMILES string of the molecule is CC(C)(C)C1C2CCC(CC2)N1C1CC1. The van der Waals surface area contributed by atoms with Gasteiger partial charge >= 0.3 is 0 Å². The van der Waals surface area contributed by atoms with Crippen molar-refractivity contribution in [3.63, 3.8) is 0 Å². The minimum absolute atomic E-state index is 0.492. The van der Waals surface area contributed by atoms with Crippen molar-refractivity contribution in [1.82, 2.24) is 4.90 Å². The highest BCUT2D eigenvalue weighted by Gasteiger charge is 2.50. The third-order valence-electron chi connectivity index (χ3n) is 4.79. The van der Waals surface area contributed by atoms with E-state index in [1.54, 1.807) is 0 Å². The number of fused-ring (bicyclic) bond motifs is 3. The Labute approximate surface area is 94.2 Å². The van der Waals surface area contributed by atoms with E-state index in [0.717, 1.165) is 24.0 Å². The number of hydrogen-bond acceptors (Lipinski definition) is 1. The van der Waals surface area contributed by atoms with Gasteiger partial charge in [0.15, 0.2) is 0 Å². The molecule has 2 aliphatic carbocycles. The summed E-state index contributed by atoms with van der Waals surface area (Å²) in [6.45, 7) is 7.36. The molecule has 0 aromatic rings. The molecule has 4 fully saturated rings. The highest BCUT2D eigenvalue weighted by atomic mass is 15.3. The molecule has 1 heteroatoms. The van der Waals surface area contributed by atoms with Crippen molar-refractivity contribution in [2.75, 3.05) is 0 Å². The summed E-state index contributed by atoms with van der Waals surface area (Å²) in [6.07, 6.45) is 8.97. The van der Waals surface area contributed by atoms with Gasteiger partial charge in [0.05, 0.1) is 0 Å². The average Bonchev–Trinajstić information content (AvgIpc) is 2.99. The Bertz CT molecular complexity index is 241. The summed E-state index contributed by atoms with van der Waals surface area (Å²) in [5, 5.41) is 0. The molecule has 0 radical (unpaired) electrons. The van der Waals surface area contributed by atoms with Crippen molar-refractivity contribution in [3.8, 4) is 0 Å². The van der Waals surface area contributed by atoms with Crippen LogP contribution in [0.15, 0.2) is 0 Å². The lowest BCUT2D eigenvalue weighted by molar-refractivity contribution is -0.0677. The Balaban J connectivity index is 1.88. The highest BCUT2D eigenvalue weighted by molar-refractivity contribution is 5.05. The van der Waals surface area contributed by atoms with Gasteiger partial charge < -0.3 is 0 Å². The zero-order valence-electron chi connectivity index (χ0n) is 10.5. The van der Waals surface area contributed by atoms with Crippen LogP contribution in [-0.4, -0.2) is 23.0 Å². The molecule has 1 unspecified atom stereocenters. The second-order valence-corrected chi connectivity index (χ2v) is 7.06. The molecule has 0 amide bonds. The molecule has 15 heavy (non-hydrogen) atoms. The monoisotopic (exact) mass is 207 g/mol. The van der Waals surface area contributed by atoms with Gasteiger partial charge in [-0.2, -0.15) is 0 Å². The molecule has 0 aromatic heterocycles. The van der Waals surface area contributed by atoms with Crippen LogP contribution in [-0.2, 0) is 0 Å². The van der Waals surface area contributed by atoms with E-state index in [1.807, 2.05) is 0 Å².